The standard InChI is InChI=1S/C13H20ClNO2/c1-12(2)7-8(13(3,4)17-12)11(15)9-5-6-10(14)16-9/h5-6,8,11H,7,15H2,1-4H3. The highest BCUT2D eigenvalue weighted by Gasteiger charge is 2.49. The van der Waals surface area contributed by atoms with Crippen molar-refractivity contribution in [3.05, 3.63) is 23.1 Å². The van der Waals surface area contributed by atoms with E-state index in [1.807, 2.05) is 6.07 Å². The second kappa shape index (κ2) is 4.01. The molecule has 0 spiro atoms. The molecule has 2 rings (SSSR count). The Morgan fingerprint density at radius 2 is 2.00 bits per heavy atom. The van der Waals surface area contributed by atoms with Crippen molar-refractivity contribution in [1.29, 1.82) is 0 Å². The molecular formula is C13H20ClNO2. The largest absolute Gasteiger partial charge is 0.448 e. The zero-order valence-electron chi connectivity index (χ0n) is 10.8. The van der Waals surface area contributed by atoms with Gasteiger partial charge in [0, 0.05) is 5.92 Å². The zero-order valence-corrected chi connectivity index (χ0v) is 11.5. The third-order valence-corrected chi connectivity index (χ3v) is 3.70. The number of halogens is 1. The number of hydrogen-bond donors (Lipinski definition) is 1. The van der Waals surface area contributed by atoms with Crippen molar-refractivity contribution >= 4 is 11.6 Å². The summed E-state index contributed by atoms with van der Waals surface area (Å²) in [5.41, 5.74) is 5.89. The third kappa shape index (κ3) is 2.51. The van der Waals surface area contributed by atoms with Crippen molar-refractivity contribution in [1.82, 2.24) is 0 Å². The smallest absolute Gasteiger partial charge is 0.193 e. The maximum Gasteiger partial charge on any atom is 0.193 e. The van der Waals surface area contributed by atoms with Gasteiger partial charge in [0.1, 0.15) is 5.76 Å². The van der Waals surface area contributed by atoms with Gasteiger partial charge in [-0.05, 0) is 57.8 Å². The Bertz CT molecular complexity index is 411. The molecule has 0 radical (unpaired) electrons. The van der Waals surface area contributed by atoms with Crippen molar-refractivity contribution in [2.24, 2.45) is 11.7 Å². The van der Waals surface area contributed by atoms with Crippen LogP contribution in [0.2, 0.25) is 5.22 Å². The maximum absolute atomic E-state index is 6.28. The first-order chi connectivity index (χ1) is 7.71. The predicted molar refractivity (Wildman–Crippen MR) is 68.0 cm³/mol. The van der Waals surface area contributed by atoms with Crippen LogP contribution in [0.3, 0.4) is 0 Å². The van der Waals surface area contributed by atoms with Gasteiger partial charge in [-0.3, -0.25) is 0 Å². The van der Waals surface area contributed by atoms with E-state index in [4.69, 9.17) is 26.5 Å². The maximum atomic E-state index is 6.28. The van der Waals surface area contributed by atoms with Gasteiger partial charge in [-0.2, -0.15) is 0 Å². The van der Waals surface area contributed by atoms with Crippen LogP contribution in [0.25, 0.3) is 0 Å². The average Bonchev–Trinajstić information content (AvgIpc) is 2.66. The Morgan fingerprint density at radius 1 is 1.35 bits per heavy atom. The quantitative estimate of drug-likeness (QED) is 0.882. The van der Waals surface area contributed by atoms with Gasteiger partial charge in [0.25, 0.3) is 0 Å². The SMILES string of the molecule is CC1(C)CC(C(N)c2ccc(Cl)o2)C(C)(C)O1. The van der Waals surface area contributed by atoms with Crippen LogP contribution in [0.1, 0.15) is 45.9 Å². The predicted octanol–water partition coefficient (Wildman–Crippen LogP) is 3.53. The fourth-order valence-corrected chi connectivity index (χ4v) is 3.02. The van der Waals surface area contributed by atoms with Crippen molar-refractivity contribution in [3.8, 4) is 0 Å². The topological polar surface area (TPSA) is 48.4 Å². The molecule has 2 heterocycles. The minimum absolute atomic E-state index is 0.137. The Labute approximate surface area is 107 Å². The van der Waals surface area contributed by atoms with Gasteiger partial charge in [-0.25, -0.2) is 0 Å². The molecule has 2 unspecified atom stereocenters. The zero-order chi connectivity index (χ0) is 12.8. The van der Waals surface area contributed by atoms with E-state index in [2.05, 4.69) is 27.7 Å². The highest BCUT2D eigenvalue weighted by atomic mass is 35.5. The first kappa shape index (κ1) is 12.9. The van der Waals surface area contributed by atoms with E-state index in [-0.39, 0.29) is 23.2 Å². The number of rotatable bonds is 2. The van der Waals surface area contributed by atoms with E-state index in [1.54, 1.807) is 6.07 Å². The molecule has 4 heteroatoms. The van der Waals surface area contributed by atoms with Crippen LogP contribution < -0.4 is 5.73 Å². The third-order valence-electron chi connectivity index (χ3n) is 3.50. The van der Waals surface area contributed by atoms with Gasteiger partial charge < -0.3 is 14.9 Å². The fraction of sp³-hybridized carbons (Fsp3) is 0.692. The lowest BCUT2D eigenvalue weighted by Crippen LogP contribution is -2.35. The summed E-state index contributed by atoms with van der Waals surface area (Å²) in [4.78, 5) is 0. The molecule has 3 nitrogen and oxygen atoms in total. The minimum Gasteiger partial charge on any atom is -0.448 e. The lowest BCUT2D eigenvalue weighted by Gasteiger charge is -2.30. The van der Waals surface area contributed by atoms with Crippen LogP contribution in [0.5, 0.6) is 0 Å². The molecule has 1 aromatic rings. The fourth-order valence-electron chi connectivity index (χ4n) is 2.87. The van der Waals surface area contributed by atoms with Gasteiger partial charge in [-0.15, -0.1) is 0 Å². The molecule has 0 amide bonds. The minimum atomic E-state index is -0.248. The van der Waals surface area contributed by atoms with Crippen molar-refractivity contribution in [2.45, 2.75) is 51.4 Å². The van der Waals surface area contributed by atoms with E-state index in [9.17, 15) is 0 Å². The summed E-state index contributed by atoms with van der Waals surface area (Å²) < 4.78 is 11.4. The molecule has 1 aromatic heterocycles. The molecule has 0 saturated carbocycles. The second-order valence-electron chi connectivity index (χ2n) is 5.94. The first-order valence-corrected chi connectivity index (χ1v) is 6.30. The van der Waals surface area contributed by atoms with Crippen LogP contribution in [0, 0.1) is 5.92 Å². The summed E-state index contributed by atoms with van der Waals surface area (Å²) in [5, 5.41) is 0.381. The second-order valence-corrected chi connectivity index (χ2v) is 6.32. The molecule has 1 fully saturated rings. The Balaban J connectivity index is 2.23. The molecule has 0 bridgehead atoms. The molecule has 17 heavy (non-hydrogen) atoms. The number of ether oxygens (including phenoxy) is 1. The summed E-state index contributed by atoms with van der Waals surface area (Å²) in [6, 6.07) is 3.39. The Morgan fingerprint density at radius 3 is 2.41 bits per heavy atom. The van der Waals surface area contributed by atoms with E-state index in [0.717, 1.165) is 12.2 Å². The summed E-state index contributed by atoms with van der Waals surface area (Å²) in [6.45, 7) is 8.35. The van der Waals surface area contributed by atoms with Crippen molar-refractivity contribution in [3.63, 3.8) is 0 Å². The lowest BCUT2D eigenvalue weighted by molar-refractivity contribution is -0.0772. The summed E-state index contributed by atoms with van der Waals surface area (Å²) in [6.07, 6.45) is 0.916. The Hall–Kier alpha value is -0.510. The number of nitrogens with two attached hydrogens (primary N) is 1. The Kier molecular flexibility index (Phi) is 3.05. The molecule has 1 aliphatic heterocycles. The van der Waals surface area contributed by atoms with E-state index >= 15 is 0 Å². The van der Waals surface area contributed by atoms with Crippen molar-refractivity contribution < 1.29 is 9.15 Å². The van der Waals surface area contributed by atoms with Gasteiger partial charge in [-0.1, -0.05) is 0 Å². The monoisotopic (exact) mass is 257 g/mol. The molecule has 1 aliphatic rings. The summed E-state index contributed by atoms with van der Waals surface area (Å²) in [5.74, 6) is 0.953. The summed E-state index contributed by atoms with van der Waals surface area (Å²) >= 11 is 5.78. The highest BCUT2D eigenvalue weighted by molar-refractivity contribution is 6.28. The summed E-state index contributed by atoms with van der Waals surface area (Å²) in [7, 11) is 0. The van der Waals surface area contributed by atoms with E-state index in [0.29, 0.717) is 5.22 Å². The first-order valence-electron chi connectivity index (χ1n) is 5.92. The van der Waals surface area contributed by atoms with Gasteiger partial charge in [0.2, 0.25) is 0 Å². The molecule has 1 saturated heterocycles. The number of hydrogen-bond acceptors (Lipinski definition) is 3. The van der Waals surface area contributed by atoms with Gasteiger partial charge in [0.15, 0.2) is 5.22 Å². The van der Waals surface area contributed by atoms with Crippen molar-refractivity contribution in [2.75, 3.05) is 0 Å². The van der Waals surface area contributed by atoms with Crippen LogP contribution in [-0.2, 0) is 4.74 Å². The highest BCUT2D eigenvalue weighted by Crippen LogP contribution is 2.47. The van der Waals surface area contributed by atoms with Gasteiger partial charge in [0.05, 0.1) is 17.2 Å². The van der Waals surface area contributed by atoms with Gasteiger partial charge >= 0.3 is 0 Å². The van der Waals surface area contributed by atoms with Crippen LogP contribution >= 0.6 is 11.6 Å². The van der Waals surface area contributed by atoms with E-state index in [1.165, 1.54) is 0 Å². The van der Waals surface area contributed by atoms with Crippen LogP contribution in [-0.4, -0.2) is 11.2 Å². The molecule has 0 aromatic carbocycles. The van der Waals surface area contributed by atoms with Crippen LogP contribution in [0.15, 0.2) is 16.5 Å². The molecule has 0 aliphatic carbocycles. The number of furan rings is 1. The molecule has 2 atom stereocenters. The molecule has 2 N–H and O–H groups in total. The molecule has 96 valence electrons. The molecular weight excluding hydrogens is 238 g/mol. The lowest BCUT2D eigenvalue weighted by atomic mass is 9.81. The normalized spacial score (nSPS) is 28.2. The van der Waals surface area contributed by atoms with Crippen LogP contribution in [0.4, 0.5) is 0 Å². The van der Waals surface area contributed by atoms with E-state index < -0.39 is 0 Å². The average molecular weight is 258 g/mol.